The minimum Gasteiger partial charge on any atom is -0.476 e. The van der Waals surface area contributed by atoms with E-state index in [1.165, 1.54) is 11.3 Å². The van der Waals surface area contributed by atoms with E-state index in [2.05, 4.69) is 9.97 Å². The van der Waals surface area contributed by atoms with Crippen molar-refractivity contribution < 1.29 is 9.90 Å². The summed E-state index contributed by atoms with van der Waals surface area (Å²) in [4.78, 5) is 19.6. The average molecular weight is 245 g/mol. The molecule has 1 N–H and O–H groups in total. The lowest BCUT2D eigenvalue weighted by Gasteiger charge is -1.98. The number of hydrogen-bond acceptors (Lipinski definition) is 4. The van der Waals surface area contributed by atoms with Crippen LogP contribution in [0.1, 0.15) is 10.5 Å². The van der Waals surface area contributed by atoms with E-state index < -0.39 is 5.97 Å². The second-order valence-corrected chi connectivity index (χ2v) is 4.29. The van der Waals surface area contributed by atoms with Crippen LogP contribution in [0.4, 0.5) is 0 Å². The molecule has 0 aromatic carbocycles. The first kappa shape index (κ1) is 9.98. The van der Waals surface area contributed by atoms with E-state index in [1.807, 2.05) is 22.7 Å². The van der Waals surface area contributed by atoms with Gasteiger partial charge in [0.2, 0.25) is 0 Å². The monoisotopic (exact) mass is 245 g/mol. The van der Waals surface area contributed by atoms with Crippen molar-refractivity contribution in [2.45, 2.75) is 0 Å². The smallest absolute Gasteiger partial charge is 0.356 e. The zero-order valence-electron chi connectivity index (χ0n) is 8.57. The van der Waals surface area contributed by atoms with Crippen molar-refractivity contribution in [3.63, 3.8) is 0 Å². The quantitative estimate of drug-likeness (QED) is 0.751. The summed E-state index contributed by atoms with van der Waals surface area (Å²) in [6, 6.07) is 3.72. The first-order valence-corrected chi connectivity index (χ1v) is 5.73. The van der Waals surface area contributed by atoms with Gasteiger partial charge >= 0.3 is 5.97 Å². The van der Waals surface area contributed by atoms with Crippen molar-refractivity contribution in [2.75, 3.05) is 0 Å². The average Bonchev–Trinajstić information content (AvgIpc) is 2.94. The highest BCUT2D eigenvalue weighted by Gasteiger charge is 2.17. The number of carboxylic acids is 1. The van der Waals surface area contributed by atoms with E-state index in [-0.39, 0.29) is 5.69 Å². The summed E-state index contributed by atoms with van der Waals surface area (Å²) in [5.74, 6) is -1.00. The third-order valence-electron chi connectivity index (χ3n) is 2.48. The molecule has 0 spiro atoms. The Morgan fingerprint density at radius 1 is 1.41 bits per heavy atom. The van der Waals surface area contributed by atoms with Gasteiger partial charge in [-0.05, 0) is 12.1 Å². The highest BCUT2D eigenvalue weighted by molar-refractivity contribution is 7.13. The van der Waals surface area contributed by atoms with E-state index >= 15 is 0 Å². The molecule has 5 nitrogen and oxygen atoms in total. The summed E-state index contributed by atoms with van der Waals surface area (Å²) >= 11 is 1.32. The van der Waals surface area contributed by atoms with Gasteiger partial charge in [-0.3, -0.25) is 0 Å². The van der Waals surface area contributed by atoms with Crippen LogP contribution in [0.3, 0.4) is 0 Å². The number of aromatic carboxylic acids is 1. The fourth-order valence-electron chi connectivity index (χ4n) is 1.74. The first-order chi connectivity index (χ1) is 8.27. The summed E-state index contributed by atoms with van der Waals surface area (Å²) in [5.41, 5.74) is 3.43. The molecule has 0 radical (unpaired) electrons. The summed E-state index contributed by atoms with van der Waals surface area (Å²) in [7, 11) is 0. The van der Waals surface area contributed by atoms with E-state index in [4.69, 9.17) is 5.11 Å². The number of thiazole rings is 1. The molecule has 17 heavy (non-hydrogen) atoms. The standard InChI is InChI=1S/C11H7N3O2S/c15-11(16)9-10(17-6-13-9)7-2-4-14-5-12-3-1-8(7)14/h1-6H,(H,15,16). The largest absolute Gasteiger partial charge is 0.476 e. The van der Waals surface area contributed by atoms with Crippen molar-refractivity contribution in [3.05, 3.63) is 42.1 Å². The Kier molecular flexibility index (Phi) is 2.15. The number of fused-ring (bicyclic) bond motifs is 1. The molecular weight excluding hydrogens is 238 g/mol. The van der Waals surface area contributed by atoms with Gasteiger partial charge in [0, 0.05) is 18.0 Å². The molecule has 0 aliphatic rings. The third kappa shape index (κ3) is 1.50. The maximum atomic E-state index is 11.0. The predicted molar refractivity (Wildman–Crippen MR) is 63.3 cm³/mol. The molecule has 0 amide bonds. The Morgan fingerprint density at radius 3 is 3.12 bits per heavy atom. The molecule has 3 heterocycles. The highest BCUT2D eigenvalue weighted by atomic mass is 32.1. The van der Waals surface area contributed by atoms with E-state index in [9.17, 15) is 4.79 Å². The lowest BCUT2D eigenvalue weighted by atomic mass is 10.2. The van der Waals surface area contributed by atoms with Gasteiger partial charge in [-0.1, -0.05) is 0 Å². The topological polar surface area (TPSA) is 67.5 Å². The fourth-order valence-corrected chi connectivity index (χ4v) is 2.56. The summed E-state index contributed by atoms with van der Waals surface area (Å²) < 4.78 is 1.85. The van der Waals surface area contributed by atoms with Crippen LogP contribution >= 0.6 is 11.3 Å². The predicted octanol–water partition coefficient (Wildman–Crippen LogP) is 2.16. The van der Waals surface area contributed by atoms with Crippen molar-refractivity contribution >= 4 is 22.8 Å². The van der Waals surface area contributed by atoms with Crippen molar-refractivity contribution in [3.8, 4) is 10.4 Å². The van der Waals surface area contributed by atoms with Crippen LogP contribution in [0.25, 0.3) is 16.0 Å². The van der Waals surface area contributed by atoms with Crippen molar-refractivity contribution in [1.29, 1.82) is 0 Å². The lowest BCUT2D eigenvalue weighted by molar-refractivity contribution is 0.0692. The van der Waals surface area contributed by atoms with Crippen molar-refractivity contribution in [2.24, 2.45) is 0 Å². The molecule has 0 saturated heterocycles. The SMILES string of the molecule is O=C(O)c1ncsc1-c1ccn2cnccc12. The maximum absolute atomic E-state index is 11.0. The molecular formula is C11H7N3O2S. The van der Waals surface area contributed by atoms with Crippen LogP contribution in [0, 0.1) is 0 Å². The summed E-state index contributed by atoms with van der Waals surface area (Å²) in [5, 5.41) is 9.05. The molecule has 3 aromatic heterocycles. The van der Waals surface area contributed by atoms with Crippen molar-refractivity contribution in [1.82, 2.24) is 14.4 Å². The second kappa shape index (κ2) is 3.67. The molecule has 0 aliphatic heterocycles. The molecule has 0 aliphatic carbocycles. The molecule has 0 atom stereocenters. The van der Waals surface area contributed by atoms with Gasteiger partial charge < -0.3 is 9.51 Å². The van der Waals surface area contributed by atoms with Crippen LogP contribution in [0.2, 0.25) is 0 Å². The Hall–Kier alpha value is -2.21. The molecule has 0 saturated carbocycles. The zero-order chi connectivity index (χ0) is 11.8. The fraction of sp³-hybridized carbons (Fsp3) is 0. The van der Waals surface area contributed by atoms with Gasteiger partial charge in [0.1, 0.15) is 0 Å². The molecule has 6 heteroatoms. The number of aromatic nitrogens is 3. The Bertz CT molecular complexity index is 701. The molecule has 0 fully saturated rings. The molecule has 0 bridgehead atoms. The van der Waals surface area contributed by atoms with E-state index in [0.29, 0.717) is 4.88 Å². The van der Waals surface area contributed by atoms with E-state index in [1.54, 1.807) is 18.0 Å². The zero-order valence-corrected chi connectivity index (χ0v) is 9.39. The third-order valence-corrected chi connectivity index (χ3v) is 3.34. The molecule has 3 rings (SSSR count). The van der Waals surface area contributed by atoms with Crippen LogP contribution < -0.4 is 0 Å². The normalized spacial score (nSPS) is 10.8. The Morgan fingerprint density at radius 2 is 2.29 bits per heavy atom. The number of hydrogen-bond donors (Lipinski definition) is 1. The van der Waals surface area contributed by atoms with Gasteiger partial charge in [-0.2, -0.15) is 0 Å². The van der Waals surface area contributed by atoms with Crippen LogP contribution in [-0.2, 0) is 0 Å². The number of nitrogens with zero attached hydrogens (tertiary/aromatic N) is 3. The second-order valence-electron chi connectivity index (χ2n) is 3.44. The molecule has 84 valence electrons. The van der Waals surface area contributed by atoms with Crippen LogP contribution in [-0.4, -0.2) is 25.4 Å². The number of carboxylic acid groups (broad SMARTS) is 1. The first-order valence-electron chi connectivity index (χ1n) is 4.85. The van der Waals surface area contributed by atoms with Gasteiger partial charge in [0.15, 0.2) is 5.69 Å². The number of rotatable bonds is 2. The minimum absolute atomic E-state index is 0.0971. The minimum atomic E-state index is -1.00. The van der Waals surface area contributed by atoms with Gasteiger partial charge in [-0.15, -0.1) is 11.3 Å². The summed E-state index contributed by atoms with van der Waals surface area (Å²) in [6.45, 7) is 0. The lowest BCUT2D eigenvalue weighted by Crippen LogP contribution is -1.98. The molecule has 0 unspecified atom stereocenters. The number of carbonyl (C=O) groups is 1. The Balaban J connectivity index is 2.28. The van der Waals surface area contributed by atoms with Gasteiger partial charge in [-0.25, -0.2) is 14.8 Å². The maximum Gasteiger partial charge on any atom is 0.356 e. The highest BCUT2D eigenvalue weighted by Crippen LogP contribution is 2.31. The van der Waals surface area contributed by atoms with Crippen LogP contribution in [0.5, 0.6) is 0 Å². The Labute approximate surface area is 100 Å². The van der Waals surface area contributed by atoms with E-state index in [0.717, 1.165) is 11.1 Å². The summed E-state index contributed by atoms with van der Waals surface area (Å²) in [6.07, 6.45) is 5.21. The van der Waals surface area contributed by atoms with Gasteiger partial charge in [0.25, 0.3) is 0 Å². The van der Waals surface area contributed by atoms with Gasteiger partial charge in [0.05, 0.1) is 22.2 Å². The molecule has 3 aromatic rings. The van der Waals surface area contributed by atoms with Crippen LogP contribution in [0.15, 0.2) is 36.4 Å².